The number of benzene rings is 1. The normalized spacial score (nSPS) is 20.2. The van der Waals surface area contributed by atoms with Gasteiger partial charge >= 0.3 is 0 Å². The first-order valence-electron chi connectivity index (χ1n) is 11.6. The van der Waals surface area contributed by atoms with Crippen molar-refractivity contribution in [3.8, 4) is 5.75 Å². The fraction of sp³-hybridized carbons (Fsp3) is 0.500. The van der Waals surface area contributed by atoms with Gasteiger partial charge in [0.15, 0.2) is 5.69 Å². The van der Waals surface area contributed by atoms with Crippen molar-refractivity contribution in [2.24, 2.45) is 0 Å². The maximum Gasteiger partial charge on any atom is 0.276 e. The molecule has 9 nitrogen and oxygen atoms in total. The number of anilines is 1. The summed E-state index contributed by atoms with van der Waals surface area (Å²) in [5.74, 6) is -0.688. The van der Waals surface area contributed by atoms with Crippen molar-refractivity contribution in [2.45, 2.75) is 64.1 Å². The third-order valence-electron chi connectivity index (χ3n) is 6.61. The van der Waals surface area contributed by atoms with Gasteiger partial charge in [0.2, 0.25) is 5.91 Å². The molecule has 182 valence electrons. The molecule has 2 N–H and O–H groups in total. The lowest BCUT2D eigenvalue weighted by Gasteiger charge is -2.44. The fourth-order valence-electron chi connectivity index (χ4n) is 4.80. The molecule has 4 rings (SSSR count). The van der Waals surface area contributed by atoms with Crippen molar-refractivity contribution in [1.82, 2.24) is 19.8 Å². The van der Waals surface area contributed by atoms with E-state index < -0.39 is 17.4 Å². The van der Waals surface area contributed by atoms with E-state index in [1.807, 2.05) is 6.92 Å². The Morgan fingerprint density at radius 1 is 1.29 bits per heavy atom. The molecule has 1 aliphatic heterocycles. The first-order valence-corrected chi connectivity index (χ1v) is 12.0. The summed E-state index contributed by atoms with van der Waals surface area (Å²) in [7, 11) is 1.49. The van der Waals surface area contributed by atoms with Gasteiger partial charge in [-0.05, 0) is 44.4 Å². The Balaban J connectivity index is 1.64. The summed E-state index contributed by atoms with van der Waals surface area (Å²) >= 11 is 6.07. The van der Waals surface area contributed by atoms with E-state index in [2.05, 4.69) is 15.6 Å². The predicted molar refractivity (Wildman–Crippen MR) is 128 cm³/mol. The Hall–Kier alpha value is -3.07. The second kappa shape index (κ2) is 9.66. The zero-order chi connectivity index (χ0) is 24.5. The molecule has 2 heterocycles. The van der Waals surface area contributed by atoms with Crippen LogP contribution < -0.4 is 15.4 Å². The van der Waals surface area contributed by atoms with Crippen LogP contribution >= 0.6 is 11.6 Å². The number of nitrogens with one attached hydrogen (secondary N) is 2. The summed E-state index contributed by atoms with van der Waals surface area (Å²) in [5, 5.41) is 6.30. The summed E-state index contributed by atoms with van der Waals surface area (Å²) in [6.07, 6.45) is 6.23. The topological polar surface area (TPSA) is 106 Å². The van der Waals surface area contributed by atoms with Crippen LogP contribution in [-0.2, 0) is 11.3 Å². The van der Waals surface area contributed by atoms with Crippen LogP contribution in [0.3, 0.4) is 0 Å². The molecule has 2 aliphatic rings. The lowest BCUT2D eigenvalue weighted by atomic mass is 9.93. The number of halogens is 1. The standard InChI is InChI=1S/C24H30ClN5O4/c1-4-11-30-22(32)20-19(21(31)28-17-12-15(25)9-10-18(17)34-3)26-14-29(20)13-24(30,2)23(33)27-16-7-5-6-8-16/h9-10,12,14,16H,4-8,11,13H2,1-3H3,(H,27,33)(H,28,31)/t24-/m0/s1. The molecule has 1 fully saturated rings. The predicted octanol–water partition coefficient (Wildman–Crippen LogP) is 3.48. The smallest absolute Gasteiger partial charge is 0.276 e. The minimum absolute atomic E-state index is 0.00798. The zero-order valence-electron chi connectivity index (χ0n) is 19.7. The van der Waals surface area contributed by atoms with E-state index in [0.29, 0.717) is 29.4 Å². The molecule has 34 heavy (non-hydrogen) atoms. The van der Waals surface area contributed by atoms with E-state index >= 15 is 0 Å². The average molecular weight is 488 g/mol. The number of amides is 3. The van der Waals surface area contributed by atoms with E-state index in [9.17, 15) is 14.4 Å². The molecule has 0 radical (unpaired) electrons. The molecule has 1 aromatic carbocycles. The highest BCUT2D eigenvalue weighted by atomic mass is 35.5. The highest BCUT2D eigenvalue weighted by Crippen LogP contribution is 2.32. The van der Waals surface area contributed by atoms with Crippen molar-refractivity contribution in [3.63, 3.8) is 0 Å². The Morgan fingerprint density at radius 3 is 2.71 bits per heavy atom. The number of hydrogen-bond acceptors (Lipinski definition) is 5. The van der Waals surface area contributed by atoms with E-state index in [0.717, 1.165) is 25.7 Å². The summed E-state index contributed by atoms with van der Waals surface area (Å²) in [6, 6.07) is 5.00. The molecule has 1 aliphatic carbocycles. The molecule has 1 aromatic heterocycles. The lowest BCUT2D eigenvalue weighted by Crippen LogP contribution is -2.65. The largest absolute Gasteiger partial charge is 0.495 e. The molecule has 0 bridgehead atoms. The third kappa shape index (κ3) is 4.36. The maximum atomic E-state index is 13.6. The van der Waals surface area contributed by atoms with E-state index in [-0.39, 0.29) is 29.9 Å². The van der Waals surface area contributed by atoms with Crippen molar-refractivity contribution in [2.75, 3.05) is 19.0 Å². The van der Waals surface area contributed by atoms with E-state index in [1.165, 1.54) is 13.4 Å². The summed E-state index contributed by atoms with van der Waals surface area (Å²) < 4.78 is 6.89. The van der Waals surface area contributed by atoms with Gasteiger partial charge in [-0.1, -0.05) is 31.4 Å². The maximum absolute atomic E-state index is 13.6. The van der Waals surface area contributed by atoms with Gasteiger partial charge in [-0.25, -0.2) is 4.98 Å². The molecule has 3 amide bonds. The van der Waals surface area contributed by atoms with Gasteiger partial charge < -0.3 is 24.8 Å². The number of aromatic nitrogens is 2. The second-order valence-corrected chi connectivity index (χ2v) is 9.49. The fourth-order valence-corrected chi connectivity index (χ4v) is 4.97. The molecule has 1 atom stereocenters. The molecule has 0 saturated heterocycles. The molecule has 2 aromatic rings. The molecular weight excluding hydrogens is 458 g/mol. The van der Waals surface area contributed by atoms with Crippen LogP contribution in [0.2, 0.25) is 5.02 Å². The van der Waals surface area contributed by atoms with Crippen LogP contribution in [0, 0.1) is 0 Å². The van der Waals surface area contributed by atoms with E-state index in [4.69, 9.17) is 16.3 Å². The Morgan fingerprint density at radius 2 is 2.03 bits per heavy atom. The number of nitrogens with zero attached hydrogens (tertiary/aromatic N) is 3. The second-order valence-electron chi connectivity index (χ2n) is 9.05. The summed E-state index contributed by atoms with van der Waals surface area (Å²) in [4.78, 5) is 45.9. The van der Waals surface area contributed by atoms with Crippen LogP contribution in [0.5, 0.6) is 5.75 Å². The quantitative estimate of drug-likeness (QED) is 0.622. The van der Waals surface area contributed by atoms with Gasteiger partial charge in [0.05, 0.1) is 25.7 Å². The number of fused-ring (bicyclic) bond motifs is 1. The van der Waals surface area contributed by atoms with Gasteiger partial charge in [-0.2, -0.15) is 0 Å². The molecule has 0 unspecified atom stereocenters. The number of ether oxygens (including phenoxy) is 1. The van der Waals surface area contributed by atoms with Crippen molar-refractivity contribution >= 4 is 35.0 Å². The minimum Gasteiger partial charge on any atom is -0.495 e. The van der Waals surface area contributed by atoms with Crippen molar-refractivity contribution in [1.29, 1.82) is 0 Å². The Labute approximate surface area is 203 Å². The van der Waals surface area contributed by atoms with Gasteiger partial charge in [-0.15, -0.1) is 0 Å². The molecule has 1 saturated carbocycles. The first kappa shape index (κ1) is 24.1. The average Bonchev–Trinajstić information content (AvgIpc) is 3.46. The van der Waals surface area contributed by atoms with Gasteiger partial charge in [-0.3, -0.25) is 14.4 Å². The number of methoxy groups -OCH3 is 1. The van der Waals surface area contributed by atoms with Gasteiger partial charge in [0, 0.05) is 17.6 Å². The molecular formula is C24H30ClN5O4. The monoisotopic (exact) mass is 487 g/mol. The molecule has 0 spiro atoms. The number of carbonyl (C=O) groups excluding carboxylic acids is 3. The number of hydrogen-bond donors (Lipinski definition) is 2. The van der Waals surface area contributed by atoms with Gasteiger partial charge in [0.25, 0.3) is 11.8 Å². The highest BCUT2D eigenvalue weighted by Gasteiger charge is 2.49. The Kier molecular flexibility index (Phi) is 6.84. The first-order chi connectivity index (χ1) is 16.3. The van der Waals surface area contributed by atoms with Gasteiger partial charge in [0.1, 0.15) is 17.0 Å². The van der Waals surface area contributed by atoms with Crippen LogP contribution in [0.15, 0.2) is 24.5 Å². The SMILES string of the molecule is CCCN1C(=O)c2c(C(=O)Nc3cc(Cl)ccc3OC)ncn2C[C@@]1(C)C(=O)NC1CCCC1. The number of imidazole rings is 1. The highest BCUT2D eigenvalue weighted by molar-refractivity contribution is 6.31. The third-order valence-corrected chi connectivity index (χ3v) is 6.85. The van der Waals surface area contributed by atoms with Crippen molar-refractivity contribution < 1.29 is 19.1 Å². The summed E-state index contributed by atoms with van der Waals surface area (Å²) in [6.45, 7) is 4.34. The van der Waals surface area contributed by atoms with Crippen LogP contribution in [-0.4, -0.2) is 57.4 Å². The minimum atomic E-state index is -1.08. The Bertz CT molecular complexity index is 1110. The summed E-state index contributed by atoms with van der Waals surface area (Å²) in [5.41, 5.74) is -0.548. The van der Waals surface area contributed by atoms with Crippen LogP contribution in [0.1, 0.15) is 66.9 Å². The zero-order valence-corrected chi connectivity index (χ0v) is 20.4. The van der Waals surface area contributed by atoms with Crippen LogP contribution in [0.25, 0.3) is 0 Å². The molecule has 10 heteroatoms. The van der Waals surface area contributed by atoms with Crippen LogP contribution in [0.4, 0.5) is 5.69 Å². The number of carbonyl (C=O) groups is 3. The lowest BCUT2D eigenvalue weighted by molar-refractivity contribution is -0.133. The number of rotatable bonds is 7. The van der Waals surface area contributed by atoms with Crippen molar-refractivity contribution in [3.05, 3.63) is 40.9 Å². The van der Waals surface area contributed by atoms with E-state index in [1.54, 1.807) is 34.6 Å².